The number of unbranched alkanes of at least 4 members (excludes halogenated alkanes) is 2. The van der Waals surface area contributed by atoms with Gasteiger partial charge in [-0.25, -0.2) is 9.78 Å². The highest BCUT2D eigenvalue weighted by atomic mass is 17.2. The Hall–Kier alpha value is -0.340. The minimum atomic E-state index is -0.233. The highest BCUT2D eigenvalue weighted by molar-refractivity contribution is 4.88. The average molecular weight is 228 g/mol. The Balaban J connectivity index is 3.91. The molecular formula is C14H28O2. The van der Waals surface area contributed by atoms with Crippen LogP contribution in [0.1, 0.15) is 66.7 Å². The van der Waals surface area contributed by atoms with Crippen molar-refractivity contribution in [1.29, 1.82) is 0 Å². The van der Waals surface area contributed by atoms with Crippen molar-refractivity contribution in [2.75, 3.05) is 0 Å². The van der Waals surface area contributed by atoms with E-state index in [1.807, 2.05) is 20.8 Å². The average Bonchev–Trinajstić information content (AvgIpc) is 2.19. The van der Waals surface area contributed by atoms with E-state index in [1.54, 1.807) is 0 Å². The van der Waals surface area contributed by atoms with Crippen LogP contribution in [0.3, 0.4) is 0 Å². The molecule has 2 heteroatoms. The molecule has 0 aromatic carbocycles. The minimum Gasteiger partial charge on any atom is -0.230 e. The molecule has 0 N–H and O–H groups in total. The first-order valence-electron chi connectivity index (χ1n) is 6.50. The largest absolute Gasteiger partial charge is 0.230 e. The Morgan fingerprint density at radius 1 is 1.12 bits per heavy atom. The molecule has 0 spiro atoms. The maximum Gasteiger partial charge on any atom is 0.111 e. The smallest absolute Gasteiger partial charge is 0.111 e. The summed E-state index contributed by atoms with van der Waals surface area (Å²) in [4.78, 5) is 10.8. The SMILES string of the molecule is CCCC/C=C/C(CCC)OOC(C)(C)C. The maximum absolute atomic E-state index is 5.44. The summed E-state index contributed by atoms with van der Waals surface area (Å²) in [5, 5.41) is 0. The van der Waals surface area contributed by atoms with Gasteiger partial charge in [0.1, 0.15) is 6.10 Å². The van der Waals surface area contributed by atoms with Crippen LogP contribution in [-0.2, 0) is 9.78 Å². The summed E-state index contributed by atoms with van der Waals surface area (Å²) >= 11 is 0. The van der Waals surface area contributed by atoms with Crippen LogP contribution in [0.2, 0.25) is 0 Å². The summed E-state index contributed by atoms with van der Waals surface area (Å²) in [5.41, 5.74) is -0.233. The molecule has 0 aliphatic heterocycles. The first kappa shape index (κ1) is 15.7. The van der Waals surface area contributed by atoms with Gasteiger partial charge in [0, 0.05) is 0 Å². The van der Waals surface area contributed by atoms with Gasteiger partial charge in [0.25, 0.3) is 0 Å². The number of hydrogen-bond donors (Lipinski definition) is 0. The van der Waals surface area contributed by atoms with E-state index in [1.165, 1.54) is 12.8 Å². The van der Waals surface area contributed by atoms with Gasteiger partial charge in [0.2, 0.25) is 0 Å². The van der Waals surface area contributed by atoms with Crippen molar-refractivity contribution in [3.05, 3.63) is 12.2 Å². The molecule has 0 bridgehead atoms. The predicted octanol–water partition coefficient (Wildman–Crippen LogP) is 4.65. The van der Waals surface area contributed by atoms with E-state index in [2.05, 4.69) is 26.0 Å². The van der Waals surface area contributed by atoms with Crippen molar-refractivity contribution in [3.63, 3.8) is 0 Å². The quantitative estimate of drug-likeness (QED) is 0.260. The molecule has 0 saturated heterocycles. The fourth-order valence-corrected chi connectivity index (χ4v) is 1.24. The van der Waals surface area contributed by atoms with Gasteiger partial charge in [0.05, 0.1) is 5.60 Å². The molecule has 0 aromatic heterocycles. The fourth-order valence-electron chi connectivity index (χ4n) is 1.24. The first-order valence-corrected chi connectivity index (χ1v) is 6.50. The van der Waals surface area contributed by atoms with Crippen LogP contribution in [0.4, 0.5) is 0 Å². The third-order valence-electron chi connectivity index (χ3n) is 2.07. The minimum absolute atomic E-state index is 0.0982. The second kappa shape index (κ2) is 8.77. The normalized spacial score (nSPS) is 14.6. The molecule has 0 amide bonds. The van der Waals surface area contributed by atoms with Crippen LogP contribution in [0.15, 0.2) is 12.2 Å². The topological polar surface area (TPSA) is 18.5 Å². The van der Waals surface area contributed by atoms with Gasteiger partial charge < -0.3 is 0 Å². The Kier molecular flexibility index (Phi) is 8.58. The van der Waals surface area contributed by atoms with Crippen LogP contribution in [0.25, 0.3) is 0 Å². The molecule has 0 heterocycles. The lowest BCUT2D eigenvalue weighted by molar-refractivity contribution is -0.365. The van der Waals surface area contributed by atoms with Gasteiger partial charge in [-0.15, -0.1) is 0 Å². The number of allylic oxidation sites excluding steroid dienone is 1. The van der Waals surface area contributed by atoms with Crippen molar-refractivity contribution in [1.82, 2.24) is 0 Å². The van der Waals surface area contributed by atoms with E-state index in [0.29, 0.717) is 0 Å². The van der Waals surface area contributed by atoms with E-state index in [4.69, 9.17) is 9.78 Å². The Morgan fingerprint density at radius 2 is 1.81 bits per heavy atom. The summed E-state index contributed by atoms with van der Waals surface area (Å²) in [6, 6.07) is 0. The zero-order valence-electron chi connectivity index (χ0n) is 11.6. The highest BCUT2D eigenvalue weighted by Crippen LogP contribution is 2.13. The van der Waals surface area contributed by atoms with Gasteiger partial charge in [-0.3, -0.25) is 0 Å². The lowest BCUT2D eigenvalue weighted by atomic mass is 10.1. The van der Waals surface area contributed by atoms with E-state index in [0.717, 1.165) is 19.3 Å². The van der Waals surface area contributed by atoms with Crippen molar-refractivity contribution >= 4 is 0 Å². The third kappa shape index (κ3) is 10.2. The Bertz CT molecular complexity index is 180. The fraction of sp³-hybridized carbons (Fsp3) is 0.857. The predicted molar refractivity (Wildman–Crippen MR) is 69.3 cm³/mol. The molecule has 0 aliphatic rings. The van der Waals surface area contributed by atoms with E-state index >= 15 is 0 Å². The van der Waals surface area contributed by atoms with E-state index in [9.17, 15) is 0 Å². The molecule has 1 atom stereocenters. The third-order valence-corrected chi connectivity index (χ3v) is 2.07. The maximum atomic E-state index is 5.44. The summed E-state index contributed by atoms with van der Waals surface area (Å²) in [5.74, 6) is 0. The molecule has 0 saturated carbocycles. The molecule has 0 rings (SSSR count). The summed E-state index contributed by atoms with van der Waals surface area (Å²) in [6.07, 6.45) is 10.2. The zero-order valence-corrected chi connectivity index (χ0v) is 11.6. The van der Waals surface area contributed by atoms with E-state index in [-0.39, 0.29) is 11.7 Å². The van der Waals surface area contributed by atoms with Crippen LogP contribution >= 0.6 is 0 Å². The van der Waals surface area contributed by atoms with Crippen LogP contribution in [0.5, 0.6) is 0 Å². The molecule has 0 fully saturated rings. The standard InChI is InChI=1S/C14H28O2/c1-6-8-9-10-12-13(11-7-2)15-16-14(3,4)5/h10,12-13H,6-9,11H2,1-5H3/b12-10+. The molecule has 0 aromatic rings. The van der Waals surface area contributed by atoms with Gasteiger partial charge >= 0.3 is 0 Å². The Labute approximate surface area is 101 Å². The van der Waals surface area contributed by atoms with Crippen molar-refractivity contribution < 1.29 is 9.78 Å². The van der Waals surface area contributed by atoms with Crippen LogP contribution < -0.4 is 0 Å². The van der Waals surface area contributed by atoms with Gasteiger partial charge in [-0.1, -0.05) is 45.3 Å². The van der Waals surface area contributed by atoms with Crippen molar-refractivity contribution in [3.8, 4) is 0 Å². The molecule has 1 unspecified atom stereocenters. The second-order valence-corrected chi connectivity index (χ2v) is 5.19. The summed E-state index contributed by atoms with van der Waals surface area (Å²) in [7, 11) is 0. The summed E-state index contributed by atoms with van der Waals surface area (Å²) < 4.78 is 0. The lowest BCUT2D eigenvalue weighted by Gasteiger charge is -2.21. The molecule has 16 heavy (non-hydrogen) atoms. The van der Waals surface area contributed by atoms with Crippen LogP contribution in [0, 0.1) is 0 Å². The summed E-state index contributed by atoms with van der Waals surface area (Å²) in [6.45, 7) is 10.4. The molecule has 0 radical (unpaired) electrons. The Morgan fingerprint density at radius 3 is 2.31 bits per heavy atom. The van der Waals surface area contributed by atoms with Crippen LogP contribution in [-0.4, -0.2) is 11.7 Å². The lowest BCUT2D eigenvalue weighted by Crippen LogP contribution is -2.23. The molecule has 2 nitrogen and oxygen atoms in total. The molecular weight excluding hydrogens is 200 g/mol. The molecule has 0 aliphatic carbocycles. The molecule has 96 valence electrons. The second-order valence-electron chi connectivity index (χ2n) is 5.19. The number of rotatable bonds is 8. The number of hydrogen-bond acceptors (Lipinski definition) is 2. The van der Waals surface area contributed by atoms with Gasteiger partial charge in [-0.05, 0) is 33.6 Å². The first-order chi connectivity index (χ1) is 7.49. The van der Waals surface area contributed by atoms with E-state index < -0.39 is 0 Å². The van der Waals surface area contributed by atoms with Gasteiger partial charge in [0.15, 0.2) is 0 Å². The van der Waals surface area contributed by atoms with Crippen molar-refractivity contribution in [2.45, 2.75) is 78.4 Å². The van der Waals surface area contributed by atoms with Crippen molar-refractivity contribution in [2.24, 2.45) is 0 Å². The highest BCUT2D eigenvalue weighted by Gasteiger charge is 2.14. The van der Waals surface area contributed by atoms with Gasteiger partial charge in [-0.2, -0.15) is 0 Å². The monoisotopic (exact) mass is 228 g/mol. The zero-order chi connectivity index (χ0) is 12.4.